The van der Waals surface area contributed by atoms with Crippen LogP contribution in [0.2, 0.25) is 0 Å². The molecule has 0 amide bonds. The van der Waals surface area contributed by atoms with Crippen LogP contribution in [0.3, 0.4) is 0 Å². The smallest absolute Gasteiger partial charge is 0.115 e. The lowest BCUT2D eigenvalue weighted by Crippen LogP contribution is -1.61. The molecule has 0 saturated carbocycles. The summed E-state index contributed by atoms with van der Waals surface area (Å²) < 4.78 is 28.8. The van der Waals surface area contributed by atoms with Crippen molar-refractivity contribution in [3.05, 3.63) is 28.6 Å². The minimum atomic E-state index is -0.617. The summed E-state index contributed by atoms with van der Waals surface area (Å²) in [5, 5.41) is 9.06. The predicted molar refractivity (Wildman–Crippen MR) is 35.8 cm³/mol. The maximum absolute atomic E-state index is 9.06. The number of phenols is 1. The normalized spacial score (nSPS) is 16.1. The van der Waals surface area contributed by atoms with Crippen LogP contribution in [0.25, 0.3) is 0 Å². The van der Waals surface area contributed by atoms with E-state index in [1.54, 1.807) is 0 Å². The first-order valence-corrected chi connectivity index (χ1v) is 2.71. The maximum Gasteiger partial charge on any atom is 0.115 e. The van der Waals surface area contributed by atoms with Gasteiger partial charge in [-0.15, -0.1) is 0 Å². The highest BCUT2D eigenvalue weighted by Crippen LogP contribution is 2.13. The summed E-state index contributed by atoms with van der Waals surface area (Å²) in [5.74, 6) is -0.617. The van der Waals surface area contributed by atoms with Gasteiger partial charge < -0.3 is 5.11 Å². The first-order chi connectivity index (χ1) is 5.46. The van der Waals surface area contributed by atoms with Crippen molar-refractivity contribution in [1.29, 1.82) is 0 Å². The average molecular weight is 177 g/mol. The Labute approximate surface area is 61.7 Å². The van der Waals surface area contributed by atoms with Gasteiger partial charge in [0.15, 0.2) is 0 Å². The van der Waals surface area contributed by atoms with Crippen LogP contribution in [0.15, 0.2) is 28.6 Å². The lowest BCUT2D eigenvalue weighted by Gasteiger charge is -1.87. The van der Waals surface area contributed by atoms with Crippen LogP contribution in [-0.2, 0) is 0 Å². The number of rotatable bonds is 0. The Bertz CT molecular complexity index is 234. The summed E-state index contributed by atoms with van der Waals surface area (Å²) in [7, 11) is 0. The van der Waals surface area contributed by atoms with Crippen LogP contribution in [0.4, 0.5) is 0 Å². The molecule has 0 atom stereocenters. The van der Waals surface area contributed by atoms with E-state index in [0.29, 0.717) is 0 Å². The summed E-state index contributed by atoms with van der Waals surface area (Å²) in [6.07, 6.45) is 0. The minimum absolute atomic E-state index is 0.0651. The van der Waals surface area contributed by atoms with Crippen LogP contribution in [-0.4, -0.2) is 5.11 Å². The third-order valence-electron chi connectivity index (χ3n) is 0.581. The van der Waals surface area contributed by atoms with Gasteiger partial charge in [-0.1, -0.05) is 15.9 Å². The van der Waals surface area contributed by atoms with E-state index in [4.69, 9.17) is 10.6 Å². The molecule has 8 heavy (non-hydrogen) atoms. The van der Waals surface area contributed by atoms with Crippen LogP contribution in [0.1, 0.15) is 5.48 Å². The van der Waals surface area contributed by atoms with Crippen LogP contribution >= 0.6 is 15.9 Å². The van der Waals surface area contributed by atoms with Gasteiger partial charge in [0.2, 0.25) is 0 Å². The Morgan fingerprint density at radius 3 is 2.38 bits per heavy atom. The quantitative estimate of drug-likeness (QED) is 0.643. The van der Waals surface area contributed by atoms with Gasteiger partial charge in [-0.05, 0) is 24.2 Å². The maximum atomic E-state index is 9.06. The predicted octanol–water partition coefficient (Wildman–Crippen LogP) is 2.15. The molecule has 0 heterocycles. The number of hydrogen-bond acceptors (Lipinski definition) is 1. The number of aromatic hydroxyl groups is 1. The fraction of sp³-hybridized carbons (Fsp3) is 0. The third-order valence-corrected chi connectivity index (χ3v) is 0.978. The molecule has 42 valence electrons. The highest BCUT2D eigenvalue weighted by Gasteiger charge is 1.83. The molecule has 1 nitrogen and oxygen atoms in total. The second kappa shape index (κ2) is 2.18. The van der Waals surface area contributed by atoms with Crippen molar-refractivity contribution in [2.75, 3.05) is 0 Å². The first-order valence-electron chi connectivity index (χ1n) is 3.91. The zero-order valence-corrected chi connectivity index (χ0v) is 5.41. The van der Waals surface area contributed by atoms with Crippen molar-refractivity contribution in [2.24, 2.45) is 0 Å². The molecule has 1 aromatic carbocycles. The Morgan fingerprint density at radius 1 is 1.38 bits per heavy atom. The molecule has 0 spiro atoms. The molecule has 0 fully saturated rings. The first kappa shape index (κ1) is 2.40. The Balaban J connectivity index is 3.60. The van der Waals surface area contributed by atoms with Gasteiger partial charge in [0.05, 0.1) is 5.48 Å². The van der Waals surface area contributed by atoms with Gasteiger partial charge in [0.25, 0.3) is 0 Å². The van der Waals surface area contributed by atoms with Crippen molar-refractivity contribution in [3.8, 4) is 5.75 Å². The third kappa shape index (κ3) is 1.23. The van der Waals surface area contributed by atoms with Crippen molar-refractivity contribution in [1.82, 2.24) is 0 Å². The van der Waals surface area contributed by atoms with Gasteiger partial charge in [0.1, 0.15) is 5.75 Å². The molecule has 0 aliphatic carbocycles. The zero-order valence-electron chi connectivity index (χ0n) is 7.83. The van der Waals surface area contributed by atoms with Gasteiger partial charge in [-0.25, -0.2) is 0 Å². The molecule has 1 aromatic rings. The molecular weight excluding hydrogens is 168 g/mol. The summed E-state index contributed by atoms with van der Waals surface area (Å²) in [5.41, 5.74) is 0. The Hall–Kier alpha value is -0.500. The van der Waals surface area contributed by atoms with Gasteiger partial charge >= 0.3 is 0 Å². The summed E-state index contributed by atoms with van der Waals surface area (Å²) in [6.45, 7) is 0. The van der Waals surface area contributed by atoms with E-state index in [-0.39, 0.29) is 16.6 Å². The van der Waals surface area contributed by atoms with Crippen molar-refractivity contribution in [3.63, 3.8) is 0 Å². The van der Waals surface area contributed by atoms with Crippen molar-refractivity contribution >= 4 is 15.9 Å². The largest absolute Gasteiger partial charge is 0.508 e. The van der Waals surface area contributed by atoms with Gasteiger partial charge in [0, 0.05) is 4.47 Å². The van der Waals surface area contributed by atoms with E-state index >= 15 is 0 Å². The zero-order chi connectivity index (χ0) is 9.46. The van der Waals surface area contributed by atoms with E-state index in [2.05, 4.69) is 15.9 Å². The molecule has 0 aromatic heterocycles. The topological polar surface area (TPSA) is 20.2 Å². The second-order valence-corrected chi connectivity index (χ2v) is 1.96. The van der Waals surface area contributed by atoms with Crippen LogP contribution < -0.4 is 0 Å². The van der Waals surface area contributed by atoms with E-state index in [9.17, 15) is 0 Å². The molecule has 0 aliphatic rings. The van der Waals surface area contributed by atoms with Gasteiger partial charge in [-0.2, -0.15) is 0 Å². The van der Waals surface area contributed by atoms with E-state index in [0.717, 1.165) is 0 Å². The molecule has 0 aliphatic heterocycles. The highest BCUT2D eigenvalue weighted by atomic mass is 79.9. The van der Waals surface area contributed by atoms with Crippen LogP contribution in [0, 0.1) is 0 Å². The lowest BCUT2D eigenvalue weighted by atomic mass is 10.3. The Morgan fingerprint density at radius 2 is 1.88 bits per heavy atom. The molecule has 1 N–H and O–H groups in total. The second-order valence-electron chi connectivity index (χ2n) is 1.16. The van der Waals surface area contributed by atoms with E-state index < -0.39 is 17.8 Å². The molecule has 0 radical (unpaired) electrons. The summed E-state index contributed by atoms with van der Waals surface area (Å²) >= 11 is 2.89. The number of hydrogen-bond donors (Lipinski definition) is 1. The number of benzene rings is 1. The molecule has 0 bridgehead atoms. The van der Waals surface area contributed by atoms with Crippen molar-refractivity contribution in [2.45, 2.75) is 0 Å². The summed E-state index contributed by atoms with van der Waals surface area (Å²) in [6, 6.07) is -1.40. The highest BCUT2D eigenvalue weighted by molar-refractivity contribution is 9.10. The van der Waals surface area contributed by atoms with E-state index in [1.165, 1.54) is 0 Å². The molecule has 0 saturated heterocycles. The fourth-order valence-electron chi connectivity index (χ4n) is 0.291. The molecule has 1 rings (SSSR count). The molecule has 0 unspecified atom stereocenters. The monoisotopic (exact) mass is 176 g/mol. The van der Waals surface area contributed by atoms with Crippen molar-refractivity contribution < 1.29 is 10.6 Å². The average Bonchev–Trinajstić information content (AvgIpc) is 2.08. The Kier molecular flexibility index (Phi) is 0.653. The van der Waals surface area contributed by atoms with Gasteiger partial charge in [-0.3, -0.25) is 0 Å². The van der Waals surface area contributed by atoms with Crippen LogP contribution in [0.5, 0.6) is 5.75 Å². The standard InChI is InChI=1S/C6H5BrO/c7-5-1-3-6(8)4-2-5/h1-4,8H/i1D,2D,3D,4D. The molecule has 2 heteroatoms. The summed E-state index contributed by atoms with van der Waals surface area (Å²) in [4.78, 5) is 0. The SMILES string of the molecule is [2H]c1c([2H])c(Br)c([2H])c([2H])c1O. The minimum Gasteiger partial charge on any atom is -0.508 e. The van der Waals surface area contributed by atoms with E-state index in [1.807, 2.05) is 0 Å². The number of phenolic OH excluding ortho intramolecular Hbond substituents is 1. The molecular formula is C6H5BrO. The number of halogens is 1. The fourth-order valence-corrected chi connectivity index (χ4v) is 0.489. The lowest BCUT2D eigenvalue weighted by molar-refractivity contribution is 0.475.